The fourth-order valence-corrected chi connectivity index (χ4v) is 6.40. The van der Waals surface area contributed by atoms with Gasteiger partial charge in [0.1, 0.15) is 18.2 Å². The summed E-state index contributed by atoms with van der Waals surface area (Å²) in [6, 6.07) is 14.4. The molecular formula is C30H35FN4O3S. The SMILES string of the molecule is Cc1ccccc1-n1nc(C(C)(C)C)c2c1N(CC(=O)NCC1CCCO1)C(=O)CSC2c1cccc(F)c1. The van der Waals surface area contributed by atoms with Gasteiger partial charge in [-0.25, -0.2) is 9.07 Å². The van der Waals surface area contributed by atoms with Crippen LogP contribution in [0.2, 0.25) is 0 Å². The number of nitrogens with zero attached hydrogens (tertiary/aromatic N) is 3. The van der Waals surface area contributed by atoms with Crippen LogP contribution in [0, 0.1) is 12.7 Å². The van der Waals surface area contributed by atoms with Gasteiger partial charge in [-0.2, -0.15) is 5.10 Å². The van der Waals surface area contributed by atoms with E-state index in [1.54, 1.807) is 15.6 Å². The number of hydrogen-bond donors (Lipinski definition) is 1. The summed E-state index contributed by atoms with van der Waals surface area (Å²) < 4.78 is 21.9. The van der Waals surface area contributed by atoms with Crippen molar-refractivity contribution in [2.45, 2.75) is 57.3 Å². The molecule has 0 radical (unpaired) electrons. The molecule has 9 heteroatoms. The number of nitrogens with one attached hydrogen (secondary N) is 1. The number of halogens is 1. The average Bonchev–Trinajstić information content (AvgIpc) is 3.52. The molecule has 0 bridgehead atoms. The summed E-state index contributed by atoms with van der Waals surface area (Å²) in [6.45, 7) is 9.22. The first-order valence-corrected chi connectivity index (χ1v) is 14.4. The molecule has 5 rings (SSSR count). The maximum Gasteiger partial charge on any atom is 0.240 e. The minimum Gasteiger partial charge on any atom is -0.376 e. The third-order valence-corrected chi connectivity index (χ3v) is 8.40. The van der Waals surface area contributed by atoms with Crippen molar-refractivity contribution in [2.24, 2.45) is 0 Å². The summed E-state index contributed by atoms with van der Waals surface area (Å²) >= 11 is 1.44. The summed E-state index contributed by atoms with van der Waals surface area (Å²) in [5.74, 6) is -0.0758. The minimum absolute atomic E-state index is 0.00208. The van der Waals surface area contributed by atoms with Crippen LogP contribution in [0.3, 0.4) is 0 Å². The number of aryl methyl sites for hydroxylation is 1. The Morgan fingerprint density at radius 1 is 1.21 bits per heavy atom. The molecule has 0 spiro atoms. The number of fused-ring (bicyclic) bond motifs is 1. The topological polar surface area (TPSA) is 76.5 Å². The highest BCUT2D eigenvalue weighted by atomic mass is 32.2. The molecule has 1 fully saturated rings. The molecule has 1 N–H and O–H groups in total. The van der Waals surface area contributed by atoms with Crippen molar-refractivity contribution in [3.63, 3.8) is 0 Å². The smallest absolute Gasteiger partial charge is 0.240 e. The molecule has 0 aliphatic carbocycles. The standard InChI is InChI=1S/C30H35FN4O3S/c1-19-9-5-6-13-23(19)35-29-26(28(33-35)30(2,3)4)27(20-10-7-11-21(31)15-20)39-18-25(37)34(29)17-24(36)32-16-22-12-8-14-38-22/h5-7,9-11,13,15,22,27H,8,12,14,16-18H2,1-4H3,(H,32,36). The van der Waals surface area contributed by atoms with Crippen LogP contribution in [-0.2, 0) is 19.7 Å². The van der Waals surface area contributed by atoms with Crippen molar-refractivity contribution in [1.29, 1.82) is 0 Å². The molecule has 3 heterocycles. The molecule has 7 nitrogen and oxygen atoms in total. The monoisotopic (exact) mass is 550 g/mol. The summed E-state index contributed by atoms with van der Waals surface area (Å²) in [5.41, 5.74) is 3.82. The number of anilines is 1. The van der Waals surface area contributed by atoms with Gasteiger partial charge >= 0.3 is 0 Å². The van der Waals surface area contributed by atoms with Crippen LogP contribution in [0.4, 0.5) is 10.2 Å². The Balaban J connectivity index is 1.66. The number of carbonyl (C=O) groups is 2. The summed E-state index contributed by atoms with van der Waals surface area (Å²) in [5, 5.41) is 7.72. The highest BCUT2D eigenvalue weighted by molar-refractivity contribution is 8.00. The van der Waals surface area contributed by atoms with E-state index < -0.39 is 0 Å². The van der Waals surface area contributed by atoms with Crippen LogP contribution < -0.4 is 10.2 Å². The summed E-state index contributed by atoms with van der Waals surface area (Å²) in [4.78, 5) is 28.5. The lowest BCUT2D eigenvalue weighted by atomic mass is 9.87. The molecule has 206 valence electrons. The number of aromatic nitrogens is 2. The third kappa shape index (κ3) is 5.75. The fraction of sp³-hybridized carbons (Fsp3) is 0.433. The van der Waals surface area contributed by atoms with Crippen molar-refractivity contribution in [1.82, 2.24) is 15.1 Å². The Morgan fingerprint density at radius 2 is 2.00 bits per heavy atom. The van der Waals surface area contributed by atoms with Gasteiger partial charge in [0, 0.05) is 24.1 Å². The van der Waals surface area contributed by atoms with Crippen LogP contribution >= 0.6 is 11.8 Å². The van der Waals surface area contributed by atoms with Crippen LogP contribution in [0.25, 0.3) is 5.69 Å². The first-order valence-electron chi connectivity index (χ1n) is 13.4. The second-order valence-electron chi connectivity index (χ2n) is 11.2. The van der Waals surface area contributed by atoms with Crippen molar-refractivity contribution >= 4 is 29.4 Å². The van der Waals surface area contributed by atoms with E-state index in [9.17, 15) is 14.0 Å². The lowest BCUT2D eigenvalue weighted by Gasteiger charge is -2.25. The first kappa shape index (κ1) is 27.4. The Labute approximate surface area is 233 Å². The first-order chi connectivity index (χ1) is 18.6. The molecule has 2 aromatic carbocycles. The predicted molar refractivity (Wildman–Crippen MR) is 152 cm³/mol. The van der Waals surface area contributed by atoms with Gasteiger partial charge < -0.3 is 10.1 Å². The quantitative estimate of drug-likeness (QED) is 0.463. The predicted octanol–water partition coefficient (Wildman–Crippen LogP) is 5.08. The van der Waals surface area contributed by atoms with E-state index in [-0.39, 0.29) is 46.7 Å². The molecule has 2 aliphatic rings. The Hall–Kier alpha value is -3.17. The number of rotatable bonds is 6. The lowest BCUT2D eigenvalue weighted by Crippen LogP contribution is -2.44. The van der Waals surface area contributed by atoms with Crippen LogP contribution in [-0.4, -0.2) is 53.1 Å². The van der Waals surface area contributed by atoms with E-state index in [1.807, 2.05) is 37.3 Å². The number of amides is 2. The highest BCUT2D eigenvalue weighted by Gasteiger charge is 2.40. The number of benzene rings is 2. The van der Waals surface area contributed by atoms with Gasteiger partial charge in [0.25, 0.3) is 0 Å². The van der Waals surface area contributed by atoms with Crippen molar-refractivity contribution in [3.05, 3.63) is 76.7 Å². The van der Waals surface area contributed by atoms with Crippen molar-refractivity contribution in [2.75, 3.05) is 30.3 Å². The van der Waals surface area contributed by atoms with E-state index in [2.05, 4.69) is 26.1 Å². The molecule has 2 aliphatic heterocycles. The Kier molecular flexibility index (Phi) is 7.82. The maximum absolute atomic E-state index is 14.4. The molecular weight excluding hydrogens is 515 g/mol. The minimum atomic E-state index is -0.384. The number of carbonyl (C=O) groups excluding carboxylic acids is 2. The van der Waals surface area contributed by atoms with Crippen LogP contribution in [0.15, 0.2) is 48.5 Å². The van der Waals surface area contributed by atoms with E-state index in [1.165, 1.54) is 23.9 Å². The second-order valence-corrected chi connectivity index (χ2v) is 12.3. The Bertz CT molecular complexity index is 1380. The van der Waals surface area contributed by atoms with Gasteiger partial charge in [-0.1, -0.05) is 51.1 Å². The number of para-hydroxylation sites is 1. The van der Waals surface area contributed by atoms with Gasteiger partial charge in [-0.15, -0.1) is 11.8 Å². The summed E-state index contributed by atoms with van der Waals surface area (Å²) in [6.07, 6.45) is 1.90. The average molecular weight is 551 g/mol. The normalized spacial score (nSPS) is 19.6. The van der Waals surface area contributed by atoms with Crippen LogP contribution in [0.5, 0.6) is 0 Å². The zero-order valence-electron chi connectivity index (χ0n) is 22.9. The number of hydrogen-bond acceptors (Lipinski definition) is 5. The second kappa shape index (κ2) is 11.1. The maximum atomic E-state index is 14.4. The molecule has 2 unspecified atom stereocenters. The zero-order chi connectivity index (χ0) is 27.7. The zero-order valence-corrected chi connectivity index (χ0v) is 23.7. The molecule has 3 aromatic rings. The van der Waals surface area contributed by atoms with Gasteiger partial charge in [-0.05, 0) is 49.1 Å². The van der Waals surface area contributed by atoms with Gasteiger partial charge in [0.2, 0.25) is 11.8 Å². The van der Waals surface area contributed by atoms with E-state index in [0.29, 0.717) is 19.0 Å². The van der Waals surface area contributed by atoms with Crippen LogP contribution in [0.1, 0.15) is 61.2 Å². The van der Waals surface area contributed by atoms with E-state index in [4.69, 9.17) is 9.84 Å². The van der Waals surface area contributed by atoms with Gasteiger partial charge in [0.05, 0.1) is 28.5 Å². The molecule has 1 saturated heterocycles. The molecule has 0 saturated carbocycles. The highest BCUT2D eigenvalue weighted by Crippen LogP contribution is 2.48. The van der Waals surface area contributed by atoms with E-state index >= 15 is 0 Å². The van der Waals surface area contributed by atoms with E-state index in [0.717, 1.165) is 40.9 Å². The Morgan fingerprint density at radius 3 is 2.69 bits per heavy atom. The molecule has 39 heavy (non-hydrogen) atoms. The largest absolute Gasteiger partial charge is 0.376 e. The van der Waals surface area contributed by atoms with Crippen molar-refractivity contribution in [3.8, 4) is 5.69 Å². The van der Waals surface area contributed by atoms with Gasteiger partial charge in [-0.3, -0.25) is 14.5 Å². The third-order valence-electron chi connectivity index (χ3n) is 7.15. The fourth-order valence-electron chi connectivity index (χ4n) is 5.21. The molecule has 1 aromatic heterocycles. The molecule has 2 atom stereocenters. The van der Waals surface area contributed by atoms with Crippen molar-refractivity contribution < 1.29 is 18.7 Å². The number of thioether (sulfide) groups is 1. The lowest BCUT2D eigenvalue weighted by molar-refractivity contribution is -0.123. The molecule has 2 amide bonds. The summed E-state index contributed by atoms with van der Waals surface area (Å²) in [7, 11) is 0. The number of ether oxygens (including phenoxy) is 1. The van der Waals surface area contributed by atoms with Gasteiger partial charge in [0.15, 0.2) is 0 Å².